The number of nitrogens with zero attached hydrogens (tertiary/aromatic N) is 6. The molecule has 4 aromatic rings. The molecule has 0 atom stereocenters. The van der Waals surface area contributed by atoms with E-state index in [-0.39, 0.29) is 12.0 Å². The number of aromatic nitrogens is 4. The van der Waals surface area contributed by atoms with Gasteiger partial charge in [-0.1, -0.05) is 22.9 Å². The number of halogens is 1. The molecule has 3 N–H and O–H groups in total. The number of piperazine rings is 1. The van der Waals surface area contributed by atoms with Crippen molar-refractivity contribution in [2.75, 3.05) is 42.1 Å². The van der Waals surface area contributed by atoms with E-state index in [1.165, 1.54) is 11.3 Å². The van der Waals surface area contributed by atoms with Crippen LogP contribution >= 0.6 is 22.9 Å². The molecule has 162 valence electrons. The maximum absolute atomic E-state index is 12.6. The van der Waals surface area contributed by atoms with E-state index in [9.17, 15) is 4.79 Å². The topological polar surface area (TPSA) is 113 Å². The number of carbonyl (C=O) groups excluding carboxylic acids is 1. The second-order valence-electron chi connectivity index (χ2n) is 7.23. The van der Waals surface area contributed by atoms with Gasteiger partial charge in [0.2, 0.25) is 5.95 Å². The Morgan fingerprint density at radius 2 is 1.84 bits per heavy atom. The lowest BCUT2D eigenvalue weighted by atomic mass is 10.3. The largest absolute Gasteiger partial charge is 0.368 e. The molecule has 2 amide bonds. The molecule has 1 saturated heterocycles. The molecule has 1 aromatic carbocycles. The van der Waals surface area contributed by atoms with Crippen molar-refractivity contribution in [3.05, 3.63) is 53.8 Å². The molecule has 1 aliphatic heterocycles. The predicted molar refractivity (Wildman–Crippen MR) is 127 cm³/mol. The van der Waals surface area contributed by atoms with Crippen LogP contribution in [-0.4, -0.2) is 57.0 Å². The molecule has 0 spiro atoms. The molecular weight excluding hydrogens is 448 g/mol. The number of amides is 2. The summed E-state index contributed by atoms with van der Waals surface area (Å²) >= 11 is 7.36. The predicted octanol–water partition coefficient (Wildman–Crippen LogP) is 3.74. The van der Waals surface area contributed by atoms with Crippen molar-refractivity contribution >= 4 is 56.8 Å². The SMILES string of the molecule is Nc1nc(N2CCN(C(=O)Nc3ccc(Cl)cc3)CC2)c2nc(-c3cccnc3)sc2n1. The molecule has 11 heteroatoms. The first-order valence-electron chi connectivity index (χ1n) is 9.98. The fraction of sp³-hybridized carbons (Fsp3) is 0.190. The quantitative estimate of drug-likeness (QED) is 0.472. The van der Waals surface area contributed by atoms with Crippen LogP contribution in [0, 0.1) is 0 Å². The van der Waals surface area contributed by atoms with Gasteiger partial charge in [-0.15, -0.1) is 0 Å². The van der Waals surface area contributed by atoms with E-state index in [4.69, 9.17) is 22.3 Å². The highest BCUT2D eigenvalue weighted by Gasteiger charge is 2.25. The number of carbonyl (C=O) groups is 1. The molecule has 4 heterocycles. The summed E-state index contributed by atoms with van der Waals surface area (Å²) in [5, 5.41) is 4.34. The Morgan fingerprint density at radius 3 is 2.56 bits per heavy atom. The molecule has 0 saturated carbocycles. The van der Waals surface area contributed by atoms with Gasteiger partial charge in [-0.05, 0) is 36.4 Å². The molecule has 0 radical (unpaired) electrons. The summed E-state index contributed by atoms with van der Waals surface area (Å²) in [6.07, 6.45) is 3.49. The van der Waals surface area contributed by atoms with Crippen LogP contribution in [0.3, 0.4) is 0 Å². The number of nitrogens with two attached hydrogens (primary N) is 1. The highest BCUT2D eigenvalue weighted by atomic mass is 35.5. The van der Waals surface area contributed by atoms with Crippen molar-refractivity contribution in [3.8, 4) is 10.6 Å². The molecule has 5 rings (SSSR count). The summed E-state index contributed by atoms with van der Waals surface area (Å²) in [7, 11) is 0. The minimum absolute atomic E-state index is 0.146. The normalized spacial score (nSPS) is 14.0. The van der Waals surface area contributed by atoms with Crippen LogP contribution in [-0.2, 0) is 0 Å². The lowest BCUT2D eigenvalue weighted by Crippen LogP contribution is -2.50. The summed E-state index contributed by atoms with van der Waals surface area (Å²) in [6, 6.07) is 10.7. The molecule has 9 nitrogen and oxygen atoms in total. The molecule has 3 aromatic heterocycles. The second kappa shape index (κ2) is 8.56. The third-order valence-corrected chi connectivity index (χ3v) is 6.38. The van der Waals surface area contributed by atoms with E-state index in [0.29, 0.717) is 48.2 Å². The minimum atomic E-state index is -0.146. The third kappa shape index (κ3) is 4.14. The smallest absolute Gasteiger partial charge is 0.321 e. The Bertz CT molecular complexity index is 1260. The lowest BCUT2D eigenvalue weighted by Gasteiger charge is -2.35. The van der Waals surface area contributed by atoms with Gasteiger partial charge in [0.15, 0.2) is 10.6 Å². The minimum Gasteiger partial charge on any atom is -0.368 e. The average Bonchev–Trinajstić information content (AvgIpc) is 3.25. The number of pyridine rings is 1. The van der Waals surface area contributed by atoms with Crippen LogP contribution in [0.15, 0.2) is 48.8 Å². The van der Waals surface area contributed by atoms with Crippen molar-refractivity contribution in [3.63, 3.8) is 0 Å². The van der Waals surface area contributed by atoms with Gasteiger partial charge >= 0.3 is 6.03 Å². The fourth-order valence-electron chi connectivity index (χ4n) is 3.51. The van der Waals surface area contributed by atoms with Gasteiger partial charge in [-0.2, -0.15) is 4.98 Å². The highest BCUT2D eigenvalue weighted by Crippen LogP contribution is 2.33. The lowest BCUT2D eigenvalue weighted by molar-refractivity contribution is 0.208. The van der Waals surface area contributed by atoms with E-state index >= 15 is 0 Å². The molecule has 0 aliphatic carbocycles. The molecule has 0 unspecified atom stereocenters. The molecule has 32 heavy (non-hydrogen) atoms. The zero-order valence-electron chi connectivity index (χ0n) is 16.9. The summed E-state index contributed by atoms with van der Waals surface area (Å²) in [5.41, 5.74) is 8.32. The first-order valence-corrected chi connectivity index (χ1v) is 11.2. The number of nitrogen functional groups attached to an aromatic ring is 1. The summed E-state index contributed by atoms with van der Waals surface area (Å²) in [5.74, 6) is 0.897. The number of thiazole rings is 1. The van der Waals surface area contributed by atoms with Gasteiger partial charge in [0.05, 0.1) is 0 Å². The van der Waals surface area contributed by atoms with Crippen LogP contribution in [0.2, 0.25) is 5.02 Å². The number of benzene rings is 1. The molecule has 0 bridgehead atoms. The molecule has 1 fully saturated rings. The van der Waals surface area contributed by atoms with Gasteiger partial charge in [-0.25, -0.2) is 14.8 Å². The molecular formula is C21H19ClN8OS. The maximum Gasteiger partial charge on any atom is 0.321 e. The first kappa shape index (κ1) is 20.4. The Morgan fingerprint density at radius 1 is 1.06 bits per heavy atom. The summed E-state index contributed by atoms with van der Waals surface area (Å²) in [4.78, 5) is 35.0. The van der Waals surface area contributed by atoms with Crippen molar-refractivity contribution in [2.24, 2.45) is 0 Å². The van der Waals surface area contributed by atoms with Gasteiger partial charge in [-0.3, -0.25) is 4.98 Å². The first-order chi connectivity index (χ1) is 15.6. The van der Waals surface area contributed by atoms with Crippen LogP contribution in [0.4, 0.5) is 22.2 Å². The number of nitrogens with one attached hydrogen (secondary N) is 1. The Labute approximate surface area is 192 Å². The van der Waals surface area contributed by atoms with Crippen molar-refractivity contribution in [1.29, 1.82) is 0 Å². The zero-order chi connectivity index (χ0) is 22.1. The van der Waals surface area contributed by atoms with Gasteiger partial charge in [0.1, 0.15) is 10.5 Å². The number of rotatable bonds is 3. The van der Waals surface area contributed by atoms with Crippen LogP contribution in [0.25, 0.3) is 20.9 Å². The average molecular weight is 467 g/mol. The van der Waals surface area contributed by atoms with Crippen molar-refractivity contribution in [2.45, 2.75) is 0 Å². The van der Waals surface area contributed by atoms with Gasteiger partial charge < -0.3 is 20.9 Å². The Hall–Kier alpha value is -3.50. The van der Waals surface area contributed by atoms with Crippen molar-refractivity contribution in [1.82, 2.24) is 24.8 Å². The van der Waals surface area contributed by atoms with E-state index in [2.05, 4.69) is 25.2 Å². The van der Waals surface area contributed by atoms with E-state index in [1.54, 1.807) is 41.6 Å². The van der Waals surface area contributed by atoms with Gasteiger partial charge in [0, 0.05) is 54.8 Å². The number of urea groups is 1. The summed E-state index contributed by atoms with van der Waals surface area (Å²) in [6.45, 7) is 2.31. The second-order valence-corrected chi connectivity index (χ2v) is 8.64. The third-order valence-electron chi connectivity index (χ3n) is 5.13. The van der Waals surface area contributed by atoms with Crippen molar-refractivity contribution < 1.29 is 4.79 Å². The van der Waals surface area contributed by atoms with E-state index in [0.717, 1.165) is 15.4 Å². The number of fused-ring (bicyclic) bond motifs is 1. The van der Waals surface area contributed by atoms with Crippen LogP contribution in [0.1, 0.15) is 0 Å². The Kier molecular flexibility index (Phi) is 5.46. The van der Waals surface area contributed by atoms with E-state index in [1.807, 2.05) is 12.1 Å². The van der Waals surface area contributed by atoms with E-state index < -0.39 is 0 Å². The van der Waals surface area contributed by atoms with Gasteiger partial charge in [0.25, 0.3) is 0 Å². The van der Waals surface area contributed by atoms with Crippen LogP contribution < -0.4 is 16.0 Å². The maximum atomic E-state index is 12.6. The standard InChI is InChI=1S/C21H19ClN8OS/c22-14-3-5-15(6-4-14)25-21(31)30-10-8-29(9-11-30)17-16-19(28-20(23)27-17)32-18(26-16)13-2-1-7-24-12-13/h1-7,12H,8-11H2,(H,25,31)(H2,23,27,28). The fourth-order valence-corrected chi connectivity index (χ4v) is 4.57. The van der Waals surface area contributed by atoms with Crippen LogP contribution in [0.5, 0.6) is 0 Å². The number of hydrogen-bond acceptors (Lipinski definition) is 8. The molecule has 1 aliphatic rings. The Balaban J connectivity index is 1.33. The highest BCUT2D eigenvalue weighted by molar-refractivity contribution is 7.21. The zero-order valence-corrected chi connectivity index (χ0v) is 18.5. The monoisotopic (exact) mass is 466 g/mol. The summed E-state index contributed by atoms with van der Waals surface area (Å²) < 4.78 is 0. The number of hydrogen-bond donors (Lipinski definition) is 2. The number of anilines is 3.